The van der Waals surface area contributed by atoms with Crippen LogP contribution in [0, 0.1) is 6.92 Å². The molecule has 0 heterocycles. The number of rotatable bonds is 5. The Labute approximate surface area is 158 Å². The van der Waals surface area contributed by atoms with E-state index in [9.17, 15) is 5.11 Å². The lowest BCUT2D eigenvalue weighted by Gasteiger charge is -2.11. The molecule has 0 saturated heterocycles. The zero-order chi connectivity index (χ0) is 19.2. The Morgan fingerprint density at radius 2 is 1.15 bits per heavy atom. The SMILES string of the molecule is Cc1cc(O)ccc1N=Nc1ccc(N=Nc2ccc(N(C)C)cc2)cc1. The Bertz CT molecular complexity index is 961. The molecule has 3 aromatic carbocycles. The molecule has 0 saturated carbocycles. The molecule has 0 unspecified atom stereocenters. The first-order valence-electron chi connectivity index (χ1n) is 8.52. The van der Waals surface area contributed by atoms with Crippen LogP contribution in [0.5, 0.6) is 5.75 Å². The smallest absolute Gasteiger partial charge is 0.115 e. The molecule has 0 aliphatic rings. The first kappa shape index (κ1) is 18.3. The van der Waals surface area contributed by atoms with Crippen molar-refractivity contribution in [1.82, 2.24) is 0 Å². The van der Waals surface area contributed by atoms with Gasteiger partial charge in [-0.1, -0.05) is 0 Å². The van der Waals surface area contributed by atoms with Crippen molar-refractivity contribution in [3.8, 4) is 5.75 Å². The summed E-state index contributed by atoms with van der Waals surface area (Å²) in [5.41, 5.74) is 4.96. The van der Waals surface area contributed by atoms with Gasteiger partial charge in [-0.05, 0) is 79.2 Å². The van der Waals surface area contributed by atoms with Crippen molar-refractivity contribution < 1.29 is 5.11 Å². The Kier molecular flexibility index (Phi) is 5.56. The highest BCUT2D eigenvalue weighted by atomic mass is 16.3. The van der Waals surface area contributed by atoms with E-state index in [0.717, 1.165) is 34.0 Å². The summed E-state index contributed by atoms with van der Waals surface area (Å²) in [6.07, 6.45) is 0. The van der Waals surface area contributed by atoms with E-state index in [0.29, 0.717) is 0 Å². The van der Waals surface area contributed by atoms with E-state index < -0.39 is 0 Å². The first-order chi connectivity index (χ1) is 13.0. The molecule has 27 heavy (non-hydrogen) atoms. The molecule has 6 nitrogen and oxygen atoms in total. The lowest BCUT2D eigenvalue weighted by molar-refractivity contribution is 0.475. The van der Waals surface area contributed by atoms with E-state index in [1.54, 1.807) is 18.2 Å². The molecule has 0 spiro atoms. The molecule has 0 amide bonds. The Morgan fingerprint density at radius 1 is 0.667 bits per heavy atom. The molecule has 0 fully saturated rings. The number of anilines is 1. The third kappa shape index (κ3) is 4.98. The lowest BCUT2D eigenvalue weighted by atomic mass is 10.2. The molecule has 0 radical (unpaired) electrons. The monoisotopic (exact) mass is 359 g/mol. The van der Waals surface area contributed by atoms with Crippen LogP contribution in [0.25, 0.3) is 0 Å². The van der Waals surface area contributed by atoms with Gasteiger partial charge in [0.15, 0.2) is 0 Å². The van der Waals surface area contributed by atoms with Crippen LogP contribution in [0.3, 0.4) is 0 Å². The molecule has 0 aliphatic carbocycles. The number of benzene rings is 3. The fourth-order valence-electron chi connectivity index (χ4n) is 2.38. The number of phenols is 1. The third-order valence-electron chi connectivity index (χ3n) is 3.95. The van der Waals surface area contributed by atoms with Gasteiger partial charge in [-0.3, -0.25) is 0 Å². The van der Waals surface area contributed by atoms with E-state index in [-0.39, 0.29) is 5.75 Å². The highest BCUT2D eigenvalue weighted by Crippen LogP contribution is 2.27. The lowest BCUT2D eigenvalue weighted by Crippen LogP contribution is -2.07. The number of nitrogens with zero attached hydrogens (tertiary/aromatic N) is 5. The summed E-state index contributed by atoms with van der Waals surface area (Å²) in [5.74, 6) is 0.220. The van der Waals surface area contributed by atoms with Gasteiger partial charge in [0.05, 0.1) is 22.7 Å². The van der Waals surface area contributed by atoms with Crippen LogP contribution in [0.2, 0.25) is 0 Å². The van der Waals surface area contributed by atoms with Crippen LogP contribution in [0.1, 0.15) is 5.56 Å². The van der Waals surface area contributed by atoms with Crippen LogP contribution < -0.4 is 4.90 Å². The fraction of sp³-hybridized carbons (Fsp3) is 0.143. The molecule has 3 rings (SSSR count). The van der Waals surface area contributed by atoms with E-state index >= 15 is 0 Å². The predicted molar refractivity (Wildman–Crippen MR) is 108 cm³/mol. The highest BCUT2D eigenvalue weighted by molar-refractivity contribution is 5.53. The number of hydrogen-bond donors (Lipinski definition) is 1. The summed E-state index contributed by atoms with van der Waals surface area (Å²) in [6.45, 7) is 1.88. The topological polar surface area (TPSA) is 72.9 Å². The van der Waals surface area contributed by atoms with Crippen molar-refractivity contribution in [2.24, 2.45) is 20.5 Å². The second kappa shape index (κ2) is 8.23. The van der Waals surface area contributed by atoms with Gasteiger partial charge in [-0.15, -0.1) is 0 Å². The number of hydrogen-bond acceptors (Lipinski definition) is 6. The Hall–Kier alpha value is -3.54. The van der Waals surface area contributed by atoms with Crippen molar-refractivity contribution in [3.05, 3.63) is 72.3 Å². The van der Waals surface area contributed by atoms with Gasteiger partial charge in [-0.25, -0.2) is 0 Å². The van der Waals surface area contributed by atoms with Crippen LogP contribution >= 0.6 is 0 Å². The Morgan fingerprint density at radius 3 is 1.63 bits per heavy atom. The molecule has 0 aromatic heterocycles. The number of phenolic OH excluding ortho intramolecular Hbond substituents is 1. The molecule has 136 valence electrons. The van der Waals surface area contributed by atoms with Gasteiger partial charge in [0.2, 0.25) is 0 Å². The number of aromatic hydroxyl groups is 1. The highest BCUT2D eigenvalue weighted by Gasteiger charge is 1.99. The minimum atomic E-state index is 0.220. The largest absolute Gasteiger partial charge is 0.508 e. The van der Waals surface area contributed by atoms with Crippen molar-refractivity contribution in [2.45, 2.75) is 6.92 Å². The zero-order valence-corrected chi connectivity index (χ0v) is 15.5. The maximum atomic E-state index is 9.43. The van der Waals surface area contributed by atoms with E-state index in [4.69, 9.17) is 0 Å². The summed E-state index contributed by atoms with van der Waals surface area (Å²) >= 11 is 0. The van der Waals surface area contributed by atoms with Gasteiger partial charge in [0.25, 0.3) is 0 Å². The van der Waals surface area contributed by atoms with Gasteiger partial charge in [0, 0.05) is 19.8 Å². The maximum Gasteiger partial charge on any atom is 0.115 e. The van der Waals surface area contributed by atoms with E-state index in [1.165, 1.54) is 0 Å². The second-order valence-corrected chi connectivity index (χ2v) is 6.30. The second-order valence-electron chi connectivity index (χ2n) is 6.30. The summed E-state index contributed by atoms with van der Waals surface area (Å²) in [6, 6.07) is 20.2. The van der Waals surface area contributed by atoms with Crippen molar-refractivity contribution in [3.63, 3.8) is 0 Å². The predicted octanol–water partition coefficient (Wildman–Crippen LogP) is 6.60. The molecule has 3 aromatic rings. The van der Waals surface area contributed by atoms with Gasteiger partial charge in [0.1, 0.15) is 5.75 Å². The normalized spacial score (nSPS) is 11.4. The van der Waals surface area contributed by atoms with Crippen molar-refractivity contribution >= 4 is 28.4 Å². The quantitative estimate of drug-likeness (QED) is 0.521. The Balaban J connectivity index is 1.67. The fourth-order valence-corrected chi connectivity index (χ4v) is 2.38. The van der Waals surface area contributed by atoms with Crippen LogP contribution in [-0.4, -0.2) is 19.2 Å². The third-order valence-corrected chi connectivity index (χ3v) is 3.95. The van der Waals surface area contributed by atoms with Crippen molar-refractivity contribution in [1.29, 1.82) is 0 Å². The molecule has 6 heteroatoms. The minimum Gasteiger partial charge on any atom is -0.508 e. The molecule has 0 atom stereocenters. The first-order valence-corrected chi connectivity index (χ1v) is 8.52. The summed E-state index contributed by atoms with van der Waals surface area (Å²) < 4.78 is 0. The average molecular weight is 359 g/mol. The molecule has 1 N–H and O–H groups in total. The van der Waals surface area contributed by atoms with Crippen LogP contribution in [0.15, 0.2) is 87.2 Å². The van der Waals surface area contributed by atoms with Crippen LogP contribution in [-0.2, 0) is 0 Å². The molecule has 0 aliphatic heterocycles. The van der Waals surface area contributed by atoms with Crippen LogP contribution in [0.4, 0.5) is 28.4 Å². The number of azo groups is 2. The zero-order valence-electron chi connectivity index (χ0n) is 15.5. The van der Waals surface area contributed by atoms with Crippen molar-refractivity contribution in [2.75, 3.05) is 19.0 Å². The standard InChI is InChI=1S/C21H21N5O/c1-15-14-20(27)12-13-21(15)25-24-17-6-4-16(5-7-17)22-23-18-8-10-19(11-9-18)26(2)3/h4-14,27H,1-3H3. The average Bonchev–Trinajstić information content (AvgIpc) is 2.67. The minimum absolute atomic E-state index is 0.220. The number of aryl methyl sites for hydroxylation is 1. The molecule has 0 bridgehead atoms. The molecular weight excluding hydrogens is 338 g/mol. The van der Waals surface area contributed by atoms with Gasteiger partial charge in [-0.2, -0.15) is 20.5 Å². The van der Waals surface area contributed by atoms with Gasteiger partial charge >= 0.3 is 0 Å². The van der Waals surface area contributed by atoms with E-state index in [2.05, 4.69) is 20.5 Å². The maximum absolute atomic E-state index is 9.43. The van der Waals surface area contributed by atoms with Gasteiger partial charge < -0.3 is 10.0 Å². The summed E-state index contributed by atoms with van der Waals surface area (Å²) in [4.78, 5) is 2.04. The van der Waals surface area contributed by atoms with E-state index in [1.807, 2.05) is 74.4 Å². The molecular formula is C21H21N5O. The summed E-state index contributed by atoms with van der Waals surface area (Å²) in [7, 11) is 4.00. The summed E-state index contributed by atoms with van der Waals surface area (Å²) in [5, 5.41) is 26.4.